The first-order valence-corrected chi connectivity index (χ1v) is 6.79. The molecule has 1 heterocycles. The second-order valence-corrected chi connectivity index (χ2v) is 5.35. The van der Waals surface area contributed by atoms with Gasteiger partial charge in [-0.2, -0.15) is 0 Å². The molecule has 1 aliphatic heterocycles. The van der Waals surface area contributed by atoms with Crippen LogP contribution in [-0.4, -0.2) is 46.8 Å². The maximum Gasteiger partial charge on any atom is 0.275 e. The van der Waals surface area contributed by atoms with E-state index in [2.05, 4.69) is 0 Å². The normalized spacial score (nSPS) is 23.8. The molecular formula is C13H17ClN2O4. The van der Waals surface area contributed by atoms with Gasteiger partial charge >= 0.3 is 0 Å². The number of aliphatic hydroxyl groups is 1. The number of hydrogen-bond donors (Lipinski definition) is 1. The Balaban J connectivity index is 2.19. The van der Waals surface area contributed by atoms with Gasteiger partial charge in [0.1, 0.15) is 0 Å². The lowest BCUT2D eigenvalue weighted by Crippen LogP contribution is -2.47. The van der Waals surface area contributed by atoms with Crippen LogP contribution in [-0.2, 0) is 11.3 Å². The average Bonchev–Trinajstić information content (AvgIpc) is 2.40. The van der Waals surface area contributed by atoms with Crippen LogP contribution < -0.4 is 0 Å². The van der Waals surface area contributed by atoms with E-state index in [-0.39, 0.29) is 24.5 Å². The van der Waals surface area contributed by atoms with Crippen molar-refractivity contribution in [3.8, 4) is 0 Å². The highest BCUT2D eigenvalue weighted by Gasteiger charge is 2.27. The molecular weight excluding hydrogens is 284 g/mol. The number of rotatable bonds is 4. The maximum atomic E-state index is 11.1. The zero-order chi connectivity index (χ0) is 14.7. The lowest BCUT2D eigenvalue weighted by molar-refractivity contribution is -0.385. The van der Waals surface area contributed by atoms with E-state index in [0.29, 0.717) is 30.2 Å². The Kier molecular flexibility index (Phi) is 4.93. The molecule has 0 saturated carbocycles. The summed E-state index contributed by atoms with van der Waals surface area (Å²) in [5.41, 5.74) is 0.530. The van der Waals surface area contributed by atoms with Crippen LogP contribution in [0.3, 0.4) is 0 Å². The van der Waals surface area contributed by atoms with Crippen molar-refractivity contribution in [2.24, 2.45) is 0 Å². The first-order valence-electron chi connectivity index (χ1n) is 6.41. The van der Waals surface area contributed by atoms with Crippen molar-refractivity contribution >= 4 is 17.3 Å². The third-order valence-corrected chi connectivity index (χ3v) is 3.63. The van der Waals surface area contributed by atoms with Crippen molar-refractivity contribution in [3.05, 3.63) is 38.9 Å². The fourth-order valence-electron chi connectivity index (χ4n) is 2.47. The van der Waals surface area contributed by atoms with Gasteiger partial charge in [-0.15, -0.1) is 0 Å². The van der Waals surface area contributed by atoms with E-state index in [4.69, 9.17) is 16.3 Å². The number of aliphatic hydroxyl groups excluding tert-OH is 1. The molecule has 110 valence electrons. The molecule has 0 aromatic heterocycles. The second kappa shape index (κ2) is 6.49. The average molecular weight is 301 g/mol. The Labute approximate surface area is 122 Å². The molecule has 0 aliphatic carbocycles. The molecule has 0 spiro atoms. The van der Waals surface area contributed by atoms with Gasteiger partial charge in [0.2, 0.25) is 0 Å². The minimum atomic E-state index is -0.422. The topological polar surface area (TPSA) is 75.8 Å². The summed E-state index contributed by atoms with van der Waals surface area (Å²) in [6.45, 7) is 3.41. The van der Waals surface area contributed by atoms with Gasteiger partial charge in [0, 0.05) is 25.7 Å². The van der Waals surface area contributed by atoms with Gasteiger partial charge in [-0.25, -0.2) is 0 Å². The van der Waals surface area contributed by atoms with Crippen molar-refractivity contribution in [1.82, 2.24) is 4.90 Å². The molecule has 1 N–H and O–H groups in total. The first kappa shape index (κ1) is 15.2. The lowest BCUT2D eigenvalue weighted by atomic mass is 10.1. The molecule has 2 rings (SSSR count). The smallest absolute Gasteiger partial charge is 0.275 e. The van der Waals surface area contributed by atoms with E-state index in [1.54, 1.807) is 12.1 Å². The zero-order valence-electron chi connectivity index (χ0n) is 11.2. The predicted octanol–water partition coefficient (Wildman–Crippen LogP) is 1.83. The number of nitro benzene ring substituents is 1. The van der Waals surface area contributed by atoms with E-state index in [1.165, 1.54) is 6.07 Å². The molecule has 1 saturated heterocycles. The number of nitro groups is 1. The largest absolute Gasteiger partial charge is 0.394 e. The van der Waals surface area contributed by atoms with Crippen molar-refractivity contribution in [3.63, 3.8) is 0 Å². The summed E-state index contributed by atoms with van der Waals surface area (Å²) >= 11 is 6.09. The van der Waals surface area contributed by atoms with E-state index < -0.39 is 4.92 Å². The van der Waals surface area contributed by atoms with Crippen LogP contribution in [0.25, 0.3) is 0 Å². The fraction of sp³-hybridized carbons (Fsp3) is 0.538. The van der Waals surface area contributed by atoms with Crippen LogP contribution in [0.2, 0.25) is 5.02 Å². The highest BCUT2D eigenvalue weighted by atomic mass is 35.5. The molecule has 1 fully saturated rings. The number of ether oxygens (including phenoxy) is 1. The van der Waals surface area contributed by atoms with Gasteiger partial charge in [-0.3, -0.25) is 15.0 Å². The Hall–Kier alpha value is -1.21. The predicted molar refractivity (Wildman–Crippen MR) is 74.8 cm³/mol. The molecule has 0 amide bonds. The van der Waals surface area contributed by atoms with Crippen LogP contribution >= 0.6 is 11.6 Å². The quantitative estimate of drug-likeness (QED) is 0.678. The minimum absolute atomic E-state index is 0.0252. The maximum absolute atomic E-state index is 11.1. The number of morpholine rings is 1. The van der Waals surface area contributed by atoms with Crippen molar-refractivity contribution in [2.75, 3.05) is 19.7 Å². The van der Waals surface area contributed by atoms with Gasteiger partial charge in [0.15, 0.2) is 0 Å². The summed E-state index contributed by atoms with van der Waals surface area (Å²) in [6.07, 6.45) is -0.289. The van der Waals surface area contributed by atoms with Gasteiger partial charge < -0.3 is 9.84 Å². The third kappa shape index (κ3) is 3.46. The summed E-state index contributed by atoms with van der Waals surface area (Å²) < 4.78 is 5.55. The number of nitrogens with zero attached hydrogens (tertiary/aromatic N) is 2. The van der Waals surface area contributed by atoms with Gasteiger partial charge in [-0.05, 0) is 13.0 Å². The molecule has 20 heavy (non-hydrogen) atoms. The van der Waals surface area contributed by atoms with Crippen LogP contribution in [0.4, 0.5) is 5.69 Å². The standard InChI is InChI=1S/C13H17ClN2O4/c1-9-5-15(6-10(8-17)20-9)7-11-12(14)3-2-4-13(11)16(18)19/h2-4,9-10,17H,5-8H2,1H3. The van der Waals surface area contributed by atoms with E-state index >= 15 is 0 Å². The molecule has 2 atom stereocenters. The third-order valence-electron chi connectivity index (χ3n) is 3.28. The number of halogens is 1. The van der Waals surface area contributed by atoms with Crippen LogP contribution in [0.15, 0.2) is 18.2 Å². The Morgan fingerprint density at radius 3 is 2.95 bits per heavy atom. The highest BCUT2D eigenvalue weighted by Crippen LogP contribution is 2.28. The second-order valence-electron chi connectivity index (χ2n) is 4.94. The van der Waals surface area contributed by atoms with Gasteiger partial charge in [-0.1, -0.05) is 17.7 Å². The van der Waals surface area contributed by atoms with Gasteiger partial charge in [0.25, 0.3) is 5.69 Å². The van der Waals surface area contributed by atoms with Crippen LogP contribution in [0, 0.1) is 10.1 Å². The molecule has 1 aromatic rings. The highest BCUT2D eigenvalue weighted by molar-refractivity contribution is 6.31. The van der Waals surface area contributed by atoms with Crippen molar-refractivity contribution in [2.45, 2.75) is 25.7 Å². The molecule has 0 radical (unpaired) electrons. The number of benzene rings is 1. The van der Waals surface area contributed by atoms with Crippen molar-refractivity contribution in [1.29, 1.82) is 0 Å². The molecule has 1 aromatic carbocycles. The minimum Gasteiger partial charge on any atom is -0.394 e. The summed E-state index contributed by atoms with van der Waals surface area (Å²) in [7, 11) is 0. The monoisotopic (exact) mass is 300 g/mol. The Bertz CT molecular complexity index is 497. The fourth-order valence-corrected chi connectivity index (χ4v) is 2.70. The molecule has 2 unspecified atom stereocenters. The SMILES string of the molecule is CC1CN(Cc2c(Cl)cccc2[N+](=O)[O-])CC(CO)O1. The lowest BCUT2D eigenvalue weighted by Gasteiger charge is -2.36. The molecule has 1 aliphatic rings. The van der Waals surface area contributed by atoms with Crippen LogP contribution in [0.1, 0.15) is 12.5 Å². The summed E-state index contributed by atoms with van der Waals surface area (Å²) in [5, 5.41) is 20.7. The first-order chi connectivity index (χ1) is 9.51. The van der Waals surface area contributed by atoms with E-state index in [0.717, 1.165) is 0 Å². The Morgan fingerprint density at radius 1 is 1.55 bits per heavy atom. The zero-order valence-corrected chi connectivity index (χ0v) is 11.9. The molecule has 6 nitrogen and oxygen atoms in total. The molecule has 0 bridgehead atoms. The summed E-state index contributed by atoms with van der Waals surface area (Å²) in [5.74, 6) is 0. The number of hydrogen-bond acceptors (Lipinski definition) is 5. The van der Waals surface area contributed by atoms with E-state index in [9.17, 15) is 15.2 Å². The van der Waals surface area contributed by atoms with Crippen molar-refractivity contribution < 1.29 is 14.8 Å². The van der Waals surface area contributed by atoms with Gasteiger partial charge in [0.05, 0.1) is 34.3 Å². The van der Waals surface area contributed by atoms with E-state index in [1.807, 2.05) is 11.8 Å². The summed E-state index contributed by atoms with van der Waals surface area (Å²) in [6, 6.07) is 4.67. The molecule has 7 heteroatoms. The van der Waals surface area contributed by atoms with Crippen LogP contribution in [0.5, 0.6) is 0 Å². The summed E-state index contributed by atoms with van der Waals surface area (Å²) in [4.78, 5) is 12.7. The Morgan fingerprint density at radius 2 is 2.30 bits per heavy atom.